The number of benzene rings is 2. The third-order valence-corrected chi connectivity index (χ3v) is 3.32. The zero-order valence-corrected chi connectivity index (χ0v) is 12.9. The molecule has 120 valence electrons. The number of hydrazone groups is 1. The molecule has 0 atom stereocenters. The number of hydrogen-bond donors (Lipinski definition) is 3. The zero-order chi connectivity index (χ0) is 16.8. The van der Waals surface area contributed by atoms with Crippen molar-refractivity contribution in [3.63, 3.8) is 0 Å². The Kier molecular flexibility index (Phi) is 5.19. The fourth-order valence-corrected chi connectivity index (χ4v) is 1.87. The summed E-state index contributed by atoms with van der Waals surface area (Å²) in [4.78, 5) is 11.7. The van der Waals surface area contributed by atoms with E-state index in [0.717, 1.165) is 11.1 Å². The summed E-state index contributed by atoms with van der Waals surface area (Å²) in [6.45, 7) is 3.73. The highest BCUT2D eigenvalue weighted by Gasteiger charge is 2.05. The van der Waals surface area contributed by atoms with Gasteiger partial charge in [-0.2, -0.15) is 5.10 Å². The minimum Gasteiger partial charge on any atom is -0.508 e. The first-order chi connectivity index (χ1) is 11.0. The van der Waals surface area contributed by atoms with Gasteiger partial charge in [-0.3, -0.25) is 4.79 Å². The Morgan fingerprint density at radius 1 is 1.26 bits per heavy atom. The molecule has 2 aromatic rings. The first-order valence-electron chi connectivity index (χ1n) is 7.00. The van der Waals surface area contributed by atoms with E-state index in [4.69, 9.17) is 4.74 Å². The number of aromatic hydroxyl groups is 2. The van der Waals surface area contributed by atoms with Crippen molar-refractivity contribution < 1.29 is 19.7 Å². The predicted molar refractivity (Wildman–Crippen MR) is 86.9 cm³/mol. The van der Waals surface area contributed by atoms with Gasteiger partial charge >= 0.3 is 0 Å². The van der Waals surface area contributed by atoms with Crippen molar-refractivity contribution >= 4 is 12.1 Å². The lowest BCUT2D eigenvalue weighted by Crippen LogP contribution is -2.24. The van der Waals surface area contributed by atoms with E-state index in [9.17, 15) is 15.0 Å². The van der Waals surface area contributed by atoms with Crippen LogP contribution in [0.3, 0.4) is 0 Å². The summed E-state index contributed by atoms with van der Waals surface area (Å²) < 4.78 is 5.45. The molecule has 0 aliphatic carbocycles. The van der Waals surface area contributed by atoms with Crippen LogP contribution in [-0.2, 0) is 4.79 Å². The second-order valence-electron chi connectivity index (χ2n) is 5.02. The van der Waals surface area contributed by atoms with Crippen molar-refractivity contribution in [3.8, 4) is 17.2 Å². The van der Waals surface area contributed by atoms with Gasteiger partial charge < -0.3 is 14.9 Å². The van der Waals surface area contributed by atoms with Gasteiger partial charge in [-0.05, 0) is 43.2 Å². The molecule has 1 amide bonds. The van der Waals surface area contributed by atoms with Gasteiger partial charge in [0.15, 0.2) is 6.61 Å². The highest BCUT2D eigenvalue weighted by molar-refractivity contribution is 5.85. The van der Waals surface area contributed by atoms with Crippen molar-refractivity contribution in [2.45, 2.75) is 13.8 Å². The summed E-state index contributed by atoms with van der Waals surface area (Å²) in [5.41, 5.74) is 4.75. The van der Waals surface area contributed by atoms with E-state index < -0.39 is 5.91 Å². The number of aryl methyl sites for hydroxylation is 1. The monoisotopic (exact) mass is 314 g/mol. The van der Waals surface area contributed by atoms with E-state index >= 15 is 0 Å². The molecule has 2 rings (SSSR count). The molecule has 0 fully saturated rings. The average Bonchev–Trinajstić information content (AvgIpc) is 2.51. The largest absolute Gasteiger partial charge is 0.508 e. The number of amides is 1. The number of carbonyl (C=O) groups is 1. The molecule has 2 aromatic carbocycles. The summed E-state index contributed by atoms with van der Waals surface area (Å²) in [7, 11) is 0. The number of carbonyl (C=O) groups excluding carboxylic acids is 1. The second kappa shape index (κ2) is 7.31. The van der Waals surface area contributed by atoms with Crippen molar-refractivity contribution in [1.82, 2.24) is 5.43 Å². The van der Waals surface area contributed by atoms with E-state index in [0.29, 0.717) is 11.3 Å². The Bertz CT molecular complexity index is 741. The average molecular weight is 314 g/mol. The Hall–Kier alpha value is -3.02. The Labute approximate surface area is 134 Å². The van der Waals surface area contributed by atoms with Crippen LogP contribution in [0.25, 0.3) is 0 Å². The predicted octanol–water partition coefficient (Wildman–Crippen LogP) is 2.24. The molecule has 0 aliphatic rings. The van der Waals surface area contributed by atoms with Crippen LogP contribution in [0.4, 0.5) is 0 Å². The number of nitrogens with zero attached hydrogens (tertiary/aromatic N) is 1. The maximum absolute atomic E-state index is 11.7. The van der Waals surface area contributed by atoms with Crippen molar-refractivity contribution in [1.29, 1.82) is 0 Å². The maximum Gasteiger partial charge on any atom is 0.277 e. The molecule has 0 unspecified atom stereocenters. The Morgan fingerprint density at radius 3 is 2.78 bits per heavy atom. The fourth-order valence-electron chi connectivity index (χ4n) is 1.87. The number of phenolic OH excluding ortho intramolecular Hbond substituents is 2. The lowest BCUT2D eigenvalue weighted by atomic mass is 10.1. The summed E-state index contributed by atoms with van der Waals surface area (Å²) >= 11 is 0. The molecule has 0 spiro atoms. The zero-order valence-electron chi connectivity index (χ0n) is 12.9. The highest BCUT2D eigenvalue weighted by atomic mass is 16.5. The SMILES string of the molecule is Cc1cccc(OCC(=O)NN=Cc2ccc(O)cc2O)c1C. The van der Waals surface area contributed by atoms with E-state index in [1.807, 2.05) is 26.0 Å². The smallest absolute Gasteiger partial charge is 0.277 e. The third-order valence-electron chi connectivity index (χ3n) is 3.32. The topological polar surface area (TPSA) is 91.2 Å². The van der Waals surface area contributed by atoms with Gasteiger partial charge in [0.2, 0.25) is 0 Å². The molecule has 0 bridgehead atoms. The quantitative estimate of drug-likeness (QED) is 0.583. The summed E-state index contributed by atoms with van der Waals surface area (Å²) in [6.07, 6.45) is 1.28. The molecule has 0 aromatic heterocycles. The van der Waals surface area contributed by atoms with Crippen LogP contribution in [0.5, 0.6) is 17.2 Å². The van der Waals surface area contributed by atoms with Crippen LogP contribution in [0, 0.1) is 13.8 Å². The molecule has 0 aliphatic heterocycles. The van der Waals surface area contributed by atoms with Gasteiger partial charge in [-0.25, -0.2) is 5.43 Å². The standard InChI is InChI=1S/C17H18N2O4/c1-11-4-3-5-16(12(11)2)23-10-17(22)19-18-9-13-6-7-14(20)8-15(13)21/h3-9,20-21H,10H2,1-2H3,(H,19,22). The summed E-state index contributed by atoms with van der Waals surface area (Å²) in [6, 6.07) is 9.71. The first kappa shape index (κ1) is 16.4. The molecule has 3 N–H and O–H groups in total. The van der Waals surface area contributed by atoms with Crippen LogP contribution in [0.1, 0.15) is 16.7 Å². The highest BCUT2D eigenvalue weighted by Crippen LogP contribution is 2.21. The maximum atomic E-state index is 11.7. The van der Waals surface area contributed by atoms with Crippen molar-refractivity contribution in [2.24, 2.45) is 5.10 Å². The number of ether oxygens (including phenoxy) is 1. The molecule has 6 nitrogen and oxygen atoms in total. The fraction of sp³-hybridized carbons (Fsp3) is 0.176. The van der Waals surface area contributed by atoms with Crippen LogP contribution in [0.15, 0.2) is 41.5 Å². The molecule has 0 saturated carbocycles. The van der Waals surface area contributed by atoms with Gasteiger partial charge in [-0.1, -0.05) is 12.1 Å². The molecule has 6 heteroatoms. The van der Waals surface area contributed by atoms with E-state index in [-0.39, 0.29) is 18.1 Å². The summed E-state index contributed by atoms with van der Waals surface area (Å²) in [5.74, 6) is 0.0565. The van der Waals surface area contributed by atoms with Gasteiger partial charge in [-0.15, -0.1) is 0 Å². The number of phenols is 2. The first-order valence-corrected chi connectivity index (χ1v) is 7.00. The molecule has 0 heterocycles. The number of rotatable bonds is 5. The van der Waals surface area contributed by atoms with E-state index in [1.54, 1.807) is 6.07 Å². The van der Waals surface area contributed by atoms with Crippen LogP contribution < -0.4 is 10.2 Å². The van der Waals surface area contributed by atoms with Gasteiger partial charge in [0.25, 0.3) is 5.91 Å². The minimum absolute atomic E-state index is 0.0504. The molecular weight excluding hydrogens is 296 g/mol. The van der Waals surface area contributed by atoms with Crippen LogP contribution in [-0.4, -0.2) is 28.9 Å². The van der Waals surface area contributed by atoms with Crippen molar-refractivity contribution in [3.05, 3.63) is 53.1 Å². The molecule has 0 radical (unpaired) electrons. The second-order valence-corrected chi connectivity index (χ2v) is 5.02. The number of nitrogens with one attached hydrogen (secondary N) is 1. The van der Waals surface area contributed by atoms with Gasteiger partial charge in [0.1, 0.15) is 17.2 Å². The van der Waals surface area contributed by atoms with E-state index in [2.05, 4.69) is 10.5 Å². The number of hydrogen-bond acceptors (Lipinski definition) is 5. The summed E-state index contributed by atoms with van der Waals surface area (Å²) in [5, 5.41) is 22.5. The minimum atomic E-state index is -0.416. The van der Waals surface area contributed by atoms with E-state index in [1.165, 1.54) is 24.4 Å². The lowest BCUT2D eigenvalue weighted by molar-refractivity contribution is -0.123. The molecule has 23 heavy (non-hydrogen) atoms. The van der Waals surface area contributed by atoms with Crippen LogP contribution >= 0.6 is 0 Å². The van der Waals surface area contributed by atoms with Gasteiger partial charge in [0, 0.05) is 11.6 Å². The van der Waals surface area contributed by atoms with Gasteiger partial charge in [0.05, 0.1) is 6.21 Å². The Morgan fingerprint density at radius 2 is 2.04 bits per heavy atom. The molecule has 0 saturated heterocycles. The molecular formula is C17H18N2O4. The Balaban J connectivity index is 1.87. The van der Waals surface area contributed by atoms with Crippen molar-refractivity contribution in [2.75, 3.05) is 6.61 Å². The van der Waals surface area contributed by atoms with Crippen LogP contribution in [0.2, 0.25) is 0 Å². The lowest BCUT2D eigenvalue weighted by Gasteiger charge is -2.09. The normalized spacial score (nSPS) is 10.7. The third kappa shape index (κ3) is 4.47.